The molecule has 0 saturated carbocycles. The molecule has 1 aromatic heterocycles. The Kier molecular flexibility index (Phi) is 5.53. The molecule has 1 aliphatic rings. The normalized spacial score (nSPS) is 15.4. The lowest BCUT2D eigenvalue weighted by atomic mass is 10.0. The lowest BCUT2D eigenvalue weighted by Crippen LogP contribution is -2.54. The van der Waals surface area contributed by atoms with Crippen molar-refractivity contribution in [2.24, 2.45) is 5.92 Å². The summed E-state index contributed by atoms with van der Waals surface area (Å²) < 4.78 is 1.97. The van der Waals surface area contributed by atoms with E-state index in [9.17, 15) is 14.4 Å². The van der Waals surface area contributed by atoms with Gasteiger partial charge in [-0.05, 0) is 31.4 Å². The second kappa shape index (κ2) is 7.87. The van der Waals surface area contributed by atoms with Crippen LogP contribution in [0.4, 0.5) is 10.7 Å². The van der Waals surface area contributed by atoms with E-state index in [0.29, 0.717) is 25.5 Å². The van der Waals surface area contributed by atoms with Gasteiger partial charge in [-0.3, -0.25) is 14.5 Å². The van der Waals surface area contributed by atoms with Crippen LogP contribution in [-0.2, 0) is 16.1 Å². The average Bonchev–Trinajstić information content (AvgIpc) is 3.19. The number of urea groups is 1. The van der Waals surface area contributed by atoms with E-state index in [1.807, 2.05) is 42.7 Å². The quantitative estimate of drug-likeness (QED) is 0.696. The number of imidazole rings is 1. The number of fused-ring (bicyclic) bond motifs is 3. The monoisotopic (exact) mass is 387 g/mol. The van der Waals surface area contributed by atoms with Crippen molar-refractivity contribution in [2.75, 3.05) is 11.4 Å². The summed E-state index contributed by atoms with van der Waals surface area (Å²) in [5, 5.41) is 14.2. The van der Waals surface area contributed by atoms with E-state index in [1.54, 1.807) is 0 Å². The van der Waals surface area contributed by atoms with Crippen LogP contribution in [-0.4, -0.2) is 51.2 Å². The SMILES string of the molecule is CC(C)C[C@H](NC(=O)N1CCn2c1nc1ccccc12)C(=O)N[C@@H](C)C(=O)O. The van der Waals surface area contributed by atoms with E-state index in [1.165, 1.54) is 11.8 Å². The maximum absolute atomic E-state index is 12.9. The zero-order valence-electron chi connectivity index (χ0n) is 16.2. The molecule has 0 saturated heterocycles. The Morgan fingerprint density at radius 3 is 2.54 bits per heavy atom. The Morgan fingerprint density at radius 1 is 1.14 bits per heavy atom. The van der Waals surface area contributed by atoms with Crippen LogP contribution < -0.4 is 15.5 Å². The fourth-order valence-corrected chi connectivity index (χ4v) is 3.29. The van der Waals surface area contributed by atoms with Gasteiger partial charge in [0.25, 0.3) is 0 Å². The molecule has 150 valence electrons. The molecule has 0 spiro atoms. The number of para-hydroxylation sites is 2. The van der Waals surface area contributed by atoms with Crippen molar-refractivity contribution >= 4 is 34.9 Å². The average molecular weight is 387 g/mol. The number of hydrogen-bond acceptors (Lipinski definition) is 4. The number of carbonyl (C=O) groups excluding carboxylic acids is 2. The molecule has 0 aliphatic carbocycles. The number of benzene rings is 1. The Labute approximate surface area is 162 Å². The first-order valence-corrected chi connectivity index (χ1v) is 9.34. The van der Waals surface area contributed by atoms with Gasteiger partial charge in [0, 0.05) is 13.1 Å². The lowest BCUT2D eigenvalue weighted by molar-refractivity contribution is -0.141. The van der Waals surface area contributed by atoms with Gasteiger partial charge in [0.05, 0.1) is 11.0 Å². The highest BCUT2D eigenvalue weighted by molar-refractivity contribution is 5.97. The second-order valence-electron chi connectivity index (χ2n) is 7.40. The van der Waals surface area contributed by atoms with E-state index >= 15 is 0 Å². The van der Waals surface area contributed by atoms with Crippen LogP contribution >= 0.6 is 0 Å². The molecule has 0 unspecified atom stereocenters. The fraction of sp³-hybridized carbons (Fsp3) is 0.474. The Bertz CT molecular complexity index is 907. The zero-order chi connectivity index (χ0) is 20.4. The third kappa shape index (κ3) is 3.92. The zero-order valence-corrected chi connectivity index (χ0v) is 16.2. The van der Waals surface area contributed by atoms with Gasteiger partial charge >= 0.3 is 12.0 Å². The summed E-state index contributed by atoms with van der Waals surface area (Å²) in [6, 6.07) is 5.38. The van der Waals surface area contributed by atoms with Crippen molar-refractivity contribution in [3.05, 3.63) is 24.3 Å². The van der Waals surface area contributed by atoms with Crippen LogP contribution in [0, 0.1) is 5.92 Å². The van der Waals surface area contributed by atoms with E-state index in [4.69, 9.17) is 5.11 Å². The molecule has 0 radical (unpaired) electrons. The third-order valence-electron chi connectivity index (χ3n) is 4.72. The number of aromatic nitrogens is 2. The summed E-state index contributed by atoms with van der Waals surface area (Å²) >= 11 is 0. The molecular weight excluding hydrogens is 362 g/mol. The summed E-state index contributed by atoms with van der Waals surface area (Å²) in [5.74, 6) is -0.957. The number of anilines is 1. The number of rotatable bonds is 6. The second-order valence-corrected chi connectivity index (χ2v) is 7.40. The van der Waals surface area contributed by atoms with Crippen LogP contribution in [0.3, 0.4) is 0 Å². The number of carbonyl (C=O) groups is 3. The van der Waals surface area contributed by atoms with Gasteiger partial charge in [0.1, 0.15) is 12.1 Å². The number of nitrogens with one attached hydrogen (secondary N) is 2. The third-order valence-corrected chi connectivity index (χ3v) is 4.72. The Morgan fingerprint density at radius 2 is 1.86 bits per heavy atom. The number of hydrogen-bond donors (Lipinski definition) is 3. The smallest absolute Gasteiger partial charge is 0.325 e. The number of carboxylic acid groups (broad SMARTS) is 1. The molecule has 0 bridgehead atoms. The number of nitrogens with zero attached hydrogens (tertiary/aromatic N) is 3. The molecule has 3 rings (SSSR count). The molecular formula is C19H25N5O4. The molecule has 1 aliphatic heterocycles. The summed E-state index contributed by atoms with van der Waals surface area (Å²) in [6.07, 6.45) is 0.397. The van der Waals surface area contributed by atoms with Gasteiger partial charge < -0.3 is 20.3 Å². The maximum atomic E-state index is 12.9. The minimum absolute atomic E-state index is 0.138. The highest BCUT2D eigenvalue weighted by Gasteiger charge is 2.32. The van der Waals surface area contributed by atoms with Crippen LogP contribution in [0.2, 0.25) is 0 Å². The van der Waals surface area contributed by atoms with Crippen molar-refractivity contribution in [1.29, 1.82) is 0 Å². The molecule has 2 aromatic rings. The summed E-state index contributed by atoms with van der Waals surface area (Å²) in [7, 11) is 0. The van der Waals surface area contributed by atoms with Crippen molar-refractivity contribution in [3.8, 4) is 0 Å². The molecule has 3 amide bonds. The van der Waals surface area contributed by atoms with Crippen molar-refractivity contribution in [2.45, 2.75) is 45.8 Å². The first-order valence-electron chi connectivity index (χ1n) is 9.34. The highest BCUT2D eigenvalue weighted by Crippen LogP contribution is 2.27. The summed E-state index contributed by atoms with van der Waals surface area (Å²) in [5.41, 5.74) is 1.77. The summed E-state index contributed by atoms with van der Waals surface area (Å²) in [6.45, 7) is 6.34. The minimum atomic E-state index is -1.13. The van der Waals surface area contributed by atoms with Crippen molar-refractivity contribution in [3.63, 3.8) is 0 Å². The highest BCUT2D eigenvalue weighted by atomic mass is 16.4. The van der Waals surface area contributed by atoms with Gasteiger partial charge in [-0.1, -0.05) is 26.0 Å². The largest absolute Gasteiger partial charge is 0.480 e. The molecule has 2 atom stereocenters. The minimum Gasteiger partial charge on any atom is -0.480 e. The van der Waals surface area contributed by atoms with Crippen molar-refractivity contribution in [1.82, 2.24) is 20.2 Å². The summed E-state index contributed by atoms with van der Waals surface area (Å²) in [4.78, 5) is 42.4. The van der Waals surface area contributed by atoms with Crippen LogP contribution in [0.5, 0.6) is 0 Å². The van der Waals surface area contributed by atoms with Gasteiger partial charge in [0.2, 0.25) is 11.9 Å². The molecule has 9 nitrogen and oxygen atoms in total. The number of carboxylic acids is 1. The van der Waals surface area contributed by atoms with Crippen LogP contribution in [0.1, 0.15) is 27.2 Å². The van der Waals surface area contributed by atoms with Gasteiger partial charge in [-0.2, -0.15) is 0 Å². The van der Waals surface area contributed by atoms with Gasteiger partial charge in [-0.25, -0.2) is 9.78 Å². The predicted octanol–water partition coefficient (Wildman–Crippen LogP) is 1.57. The standard InChI is InChI=1S/C19H25N5O4/c1-11(2)10-14(16(25)20-12(3)17(26)27)22-19(28)24-9-8-23-15-7-5-4-6-13(15)21-18(23)24/h4-7,11-12,14H,8-10H2,1-3H3,(H,20,25)(H,22,28)(H,26,27)/t12-,14-/m0/s1. The number of amides is 3. The number of aliphatic carboxylic acids is 1. The molecule has 3 N–H and O–H groups in total. The Hall–Kier alpha value is -3.10. The topological polar surface area (TPSA) is 117 Å². The first-order chi connectivity index (χ1) is 13.3. The van der Waals surface area contributed by atoms with E-state index in [0.717, 1.165) is 11.0 Å². The molecule has 2 heterocycles. The van der Waals surface area contributed by atoms with Crippen LogP contribution in [0.15, 0.2) is 24.3 Å². The Balaban J connectivity index is 1.76. The molecule has 1 aromatic carbocycles. The maximum Gasteiger partial charge on any atom is 0.325 e. The van der Waals surface area contributed by atoms with Crippen molar-refractivity contribution < 1.29 is 19.5 Å². The lowest BCUT2D eigenvalue weighted by Gasteiger charge is -2.24. The molecule has 9 heteroatoms. The first kappa shape index (κ1) is 19.7. The fourth-order valence-electron chi connectivity index (χ4n) is 3.29. The molecule has 0 fully saturated rings. The van der Waals surface area contributed by atoms with E-state index in [2.05, 4.69) is 15.6 Å². The van der Waals surface area contributed by atoms with Gasteiger partial charge in [-0.15, -0.1) is 0 Å². The van der Waals surface area contributed by atoms with Crippen LogP contribution in [0.25, 0.3) is 11.0 Å². The molecule has 28 heavy (non-hydrogen) atoms. The van der Waals surface area contributed by atoms with E-state index in [-0.39, 0.29) is 5.92 Å². The van der Waals surface area contributed by atoms with Gasteiger partial charge in [0.15, 0.2) is 0 Å². The van der Waals surface area contributed by atoms with E-state index < -0.39 is 30.0 Å². The predicted molar refractivity (Wildman–Crippen MR) is 104 cm³/mol.